The van der Waals surface area contributed by atoms with Gasteiger partial charge in [-0.15, -0.1) is 0 Å². The molecule has 3 rings (SSSR count). The number of carbonyl (C=O) groups is 2. The van der Waals surface area contributed by atoms with E-state index in [9.17, 15) is 22.8 Å². The van der Waals surface area contributed by atoms with Crippen LogP contribution >= 0.6 is 43.5 Å². The highest BCUT2D eigenvalue weighted by Gasteiger charge is 2.33. The summed E-state index contributed by atoms with van der Waals surface area (Å²) < 4.78 is 50.1. The van der Waals surface area contributed by atoms with Gasteiger partial charge in [0.05, 0.1) is 10.6 Å². The zero-order valence-corrected chi connectivity index (χ0v) is 19.5. The van der Waals surface area contributed by atoms with Crippen molar-refractivity contribution in [2.24, 2.45) is 0 Å². The van der Waals surface area contributed by atoms with E-state index in [1.165, 1.54) is 12.2 Å². The first-order valence-corrected chi connectivity index (χ1v) is 10.5. The topological polar surface area (TPSA) is 76.6 Å². The summed E-state index contributed by atoms with van der Waals surface area (Å²) in [5, 5.41) is -0.537. The van der Waals surface area contributed by atoms with Gasteiger partial charge in [-0.25, -0.2) is 9.88 Å². The maximum absolute atomic E-state index is 12.9. The lowest BCUT2D eigenvalue weighted by Gasteiger charge is -2.18. The van der Waals surface area contributed by atoms with Gasteiger partial charge in [-0.3, -0.25) is 9.59 Å². The van der Waals surface area contributed by atoms with E-state index in [2.05, 4.69) is 36.8 Å². The Labute approximate surface area is 200 Å². The van der Waals surface area contributed by atoms with Gasteiger partial charge >= 0.3 is 6.18 Å². The fraction of sp³-hybridized carbons (Fsp3) is 0.0500. The lowest BCUT2D eigenvalue weighted by molar-refractivity contribution is -0.137. The smallest absolute Gasteiger partial charge is 0.417 e. The van der Waals surface area contributed by atoms with Crippen molar-refractivity contribution in [1.82, 2.24) is 4.98 Å². The summed E-state index contributed by atoms with van der Waals surface area (Å²) in [5.74, 6) is -1.71. The van der Waals surface area contributed by atoms with Crippen molar-refractivity contribution >= 4 is 73.2 Å². The molecule has 0 aliphatic carbocycles. The van der Waals surface area contributed by atoms with Crippen LogP contribution in [0.4, 0.5) is 19.0 Å². The molecule has 166 valence electrons. The van der Waals surface area contributed by atoms with Crippen molar-refractivity contribution < 1.29 is 31.6 Å². The second kappa shape index (κ2) is 9.88. The van der Waals surface area contributed by atoms with E-state index in [4.69, 9.17) is 20.4 Å². The van der Waals surface area contributed by atoms with Crippen LogP contribution in [-0.4, -0.2) is 16.8 Å². The van der Waals surface area contributed by atoms with Crippen LogP contribution in [0.3, 0.4) is 0 Å². The molecule has 0 atom stereocenters. The maximum Gasteiger partial charge on any atom is 0.417 e. The standard InChI is InChI=1S/C20H10Br2ClF3N2O4/c21-15-5-1-12(31-15)3-7-17(29)28(18(30)8-4-13-2-6-16(22)32-13)19-14(23)9-11(10-27-19)20(24,25)26/h1-10H. The summed E-state index contributed by atoms with van der Waals surface area (Å²) in [4.78, 5) is 29.7. The van der Waals surface area contributed by atoms with Crippen LogP contribution in [0.15, 0.2) is 66.9 Å². The fourth-order valence-corrected chi connectivity index (χ4v) is 3.25. The molecule has 2 amide bonds. The molecule has 3 aromatic heterocycles. The third-order valence-corrected chi connectivity index (χ3v) is 4.90. The molecule has 0 N–H and O–H groups in total. The monoisotopic (exact) mass is 592 g/mol. The number of furan rings is 2. The molecule has 0 saturated heterocycles. The summed E-state index contributed by atoms with van der Waals surface area (Å²) in [6.07, 6.45) is 0.326. The van der Waals surface area contributed by atoms with E-state index < -0.39 is 34.4 Å². The minimum Gasteiger partial charge on any atom is -0.450 e. The Hall–Kier alpha value is -2.63. The van der Waals surface area contributed by atoms with Gasteiger partial charge < -0.3 is 8.83 Å². The number of aromatic nitrogens is 1. The average Bonchev–Trinajstić information content (AvgIpc) is 3.33. The fourth-order valence-electron chi connectivity index (χ4n) is 2.36. The van der Waals surface area contributed by atoms with Crippen LogP contribution in [-0.2, 0) is 15.8 Å². The lowest BCUT2D eigenvalue weighted by atomic mass is 10.2. The molecule has 0 unspecified atom stereocenters. The van der Waals surface area contributed by atoms with Gasteiger partial charge in [-0.2, -0.15) is 13.2 Å². The van der Waals surface area contributed by atoms with Crippen molar-refractivity contribution in [3.8, 4) is 0 Å². The second-order valence-corrected chi connectivity index (χ2v) is 7.96. The number of hydrogen-bond acceptors (Lipinski definition) is 5. The number of pyridine rings is 1. The molecule has 0 aliphatic rings. The Kier molecular flexibility index (Phi) is 7.42. The molecule has 0 bridgehead atoms. The molecule has 0 aliphatic heterocycles. The van der Waals surface area contributed by atoms with E-state index >= 15 is 0 Å². The third-order valence-electron chi connectivity index (χ3n) is 3.77. The number of imide groups is 1. The molecule has 12 heteroatoms. The molecular formula is C20H10Br2ClF3N2O4. The predicted molar refractivity (Wildman–Crippen MR) is 118 cm³/mol. The Bertz CT molecular complexity index is 1160. The number of carbonyl (C=O) groups excluding carboxylic acids is 2. The summed E-state index contributed by atoms with van der Waals surface area (Å²) >= 11 is 12.2. The average molecular weight is 595 g/mol. The van der Waals surface area contributed by atoms with E-state index in [0.29, 0.717) is 38.0 Å². The molecular weight excluding hydrogens is 584 g/mol. The van der Waals surface area contributed by atoms with Gasteiger partial charge in [-0.05, 0) is 74.3 Å². The Balaban J connectivity index is 1.96. The highest BCUT2D eigenvalue weighted by atomic mass is 79.9. The van der Waals surface area contributed by atoms with Gasteiger partial charge in [0.2, 0.25) is 0 Å². The Morgan fingerprint density at radius 3 is 1.84 bits per heavy atom. The summed E-state index contributed by atoms with van der Waals surface area (Å²) in [7, 11) is 0. The highest BCUT2D eigenvalue weighted by molar-refractivity contribution is 9.10. The number of anilines is 1. The van der Waals surface area contributed by atoms with Crippen molar-refractivity contribution in [2.75, 3.05) is 4.90 Å². The molecule has 0 spiro atoms. The first-order valence-electron chi connectivity index (χ1n) is 8.52. The quantitative estimate of drug-likeness (QED) is 0.306. The lowest BCUT2D eigenvalue weighted by Crippen LogP contribution is -2.35. The summed E-state index contributed by atoms with van der Waals surface area (Å²) in [6.45, 7) is 0. The van der Waals surface area contributed by atoms with Crippen LogP contribution < -0.4 is 4.90 Å². The highest BCUT2D eigenvalue weighted by Crippen LogP contribution is 2.34. The molecule has 3 aromatic rings. The van der Waals surface area contributed by atoms with Gasteiger partial charge in [0.1, 0.15) is 11.5 Å². The summed E-state index contributed by atoms with van der Waals surface area (Å²) in [5.41, 5.74) is -1.13. The number of nitrogens with zero attached hydrogens (tertiary/aromatic N) is 2. The van der Waals surface area contributed by atoms with Crippen LogP contribution in [0.1, 0.15) is 17.1 Å². The van der Waals surface area contributed by atoms with Crippen LogP contribution in [0.2, 0.25) is 5.02 Å². The number of alkyl halides is 3. The normalized spacial score (nSPS) is 12.1. The molecule has 3 heterocycles. The summed E-state index contributed by atoms with van der Waals surface area (Å²) in [6, 6.07) is 6.87. The Morgan fingerprint density at radius 2 is 1.47 bits per heavy atom. The SMILES string of the molecule is O=C(C=Cc1ccc(Br)o1)N(C(=O)C=Cc1ccc(Br)o1)c1ncc(C(F)(F)F)cc1Cl. The van der Waals surface area contributed by atoms with Gasteiger partial charge in [0, 0.05) is 18.3 Å². The van der Waals surface area contributed by atoms with Gasteiger partial charge in [0.25, 0.3) is 11.8 Å². The minimum atomic E-state index is -4.70. The number of rotatable bonds is 5. The van der Waals surface area contributed by atoms with Gasteiger partial charge in [0.15, 0.2) is 15.2 Å². The number of hydrogen-bond donors (Lipinski definition) is 0. The molecule has 0 saturated carbocycles. The maximum atomic E-state index is 12.9. The molecule has 32 heavy (non-hydrogen) atoms. The van der Waals surface area contributed by atoms with Crippen LogP contribution in [0.25, 0.3) is 12.2 Å². The zero-order valence-electron chi connectivity index (χ0n) is 15.6. The first kappa shape index (κ1) is 24.0. The van der Waals surface area contributed by atoms with E-state index in [1.807, 2.05) is 0 Å². The van der Waals surface area contributed by atoms with E-state index in [-0.39, 0.29) is 0 Å². The van der Waals surface area contributed by atoms with Crippen LogP contribution in [0.5, 0.6) is 0 Å². The largest absolute Gasteiger partial charge is 0.450 e. The van der Waals surface area contributed by atoms with Crippen molar-refractivity contribution in [3.05, 3.63) is 80.1 Å². The third kappa shape index (κ3) is 5.99. The van der Waals surface area contributed by atoms with Crippen molar-refractivity contribution in [2.45, 2.75) is 6.18 Å². The molecule has 0 fully saturated rings. The van der Waals surface area contributed by atoms with E-state index in [0.717, 1.165) is 12.2 Å². The molecule has 0 aromatic carbocycles. The van der Waals surface area contributed by atoms with E-state index in [1.54, 1.807) is 24.3 Å². The number of halogens is 6. The number of amides is 2. The molecule has 0 radical (unpaired) electrons. The van der Waals surface area contributed by atoms with Gasteiger partial charge in [-0.1, -0.05) is 11.6 Å². The minimum absolute atomic E-state index is 0.292. The second-order valence-electron chi connectivity index (χ2n) is 5.99. The first-order chi connectivity index (χ1) is 15.0. The molecule has 6 nitrogen and oxygen atoms in total. The van der Waals surface area contributed by atoms with Crippen molar-refractivity contribution in [1.29, 1.82) is 0 Å². The van der Waals surface area contributed by atoms with Crippen LogP contribution in [0, 0.1) is 0 Å². The zero-order chi connectivity index (χ0) is 23.5. The van der Waals surface area contributed by atoms with Crippen molar-refractivity contribution in [3.63, 3.8) is 0 Å². The Morgan fingerprint density at radius 1 is 0.969 bits per heavy atom. The predicted octanol–water partition coefficient (Wildman–Crippen LogP) is 6.75.